The third-order valence-corrected chi connectivity index (χ3v) is 7.89. The average Bonchev–Trinajstić information content (AvgIpc) is 3.37. The number of carbonyl (C=O) groups excluding carboxylic acids is 1. The highest BCUT2D eigenvalue weighted by Crippen LogP contribution is 2.52. The molecule has 4 rings (SSSR count). The van der Waals surface area contributed by atoms with Crippen molar-refractivity contribution in [1.82, 2.24) is 24.6 Å². The lowest BCUT2D eigenvalue weighted by molar-refractivity contribution is -0.147. The largest absolute Gasteiger partial charge is 0.479 e. The van der Waals surface area contributed by atoms with Gasteiger partial charge >= 0.3 is 13.7 Å². The van der Waals surface area contributed by atoms with Gasteiger partial charge in [-0.1, -0.05) is 11.6 Å². The molecule has 3 heterocycles. The van der Waals surface area contributed by atoms with Crippen LogP contribution in [-0.2, 0) is 23.4 Å². The van der Waals surface area contributed by atoms with E-state index in [4.69, 9.17) is 40.6 Å². The van der Waals surface area contributed by atoms with Gasteiger partial charge in [-0.2, -0.15) is 15.1 Å². The Morgan fingerprint density at radius 1 is 1.28 bits per heavy atom. The van der Waals surface area contributed by atoms with Gasteiger partial charge in [-0.15, -0.1) is 0 Å². The maximum Gasteiger partial charge on any atom is 0.462 e. The van der Waals surface area contributed by atoms with Crippen molar-refractivity contribution in [2.24, 2.45) is 0 Å². The van der Waals surface area contributed by atoms with Crippen LogP contribution in [0.25, 0.3) is 11.2 Å². The number of esters is 1. The standard InChI is InChI=1S/C22H28ClN6O9P/c1-21(2,19(31)35-5)28-39(33,37-12-8-6-11(23)7-9-12)38-17-14(30)22(3,32)18(36-17)29-10-25-13-15(29)26-20(24)27-16(13)34-4/h6-10,14,17-18,30,32H,1-5H3,(H,28,33)(H2,24,26,27)/t14?,17?,18-,22-,39?/m1/s1. The van der Waals surface area contributed by atoms with Crippen molar-refractivity contribution in [3.05, 3.63) is 35.6 Å². The number of aliphatic hydroxyl groups is 2. The minimum absolute atomic E-state index is 0.0616. The highest BCUT2D eigenvalue weighted by atomic mass is 35.5. The molecular weight excluding hydrogens is 559 g/mol. The smallest absolute Gasteiger partial charge is 0.462 e. The van der Waals surface area contributed by atoms with Crippen LogP contribution in [0.15, 0.2) is 30.6 Å². The number of hydrogen-bond acceptors (Lipinski definition) is 13. The number of hydrogen-bond donors (Lipinski definition) is 4. The molecule has 1 fully saturated rings. The number of aromatic nitrogens is 4. The summed E-state index contributed by atoms with van der Waals surface area (Å²) in [5.41, 5.74) is 2.51. The zero-order chi connectivity index (χ0) is 28.8. The van der Waals surface area contributed by atoms with Gasteiger partial charge in [-0.05, 0) is 45.0 Å². The molecule has 15 nitrogen and oxygen atoms in total. The number of nitrogens with one attached hydrogen (secondary N) is 1. The number of benzene rings is 1. The highest BCUT2D eigenvalue weighted by molar-refractivity contribution is 7.52. The Hall–Kier alpha value is -3.04. The summed E-state index contributed by atoms with van der Waals surface area (Å²) in [6.45, 7) is 4.05. The van der Waals surface area contributed by atoms with Crippen molar-refractivity contribution in [1.29, 1.82) is 0 Å². The minimum Gasteiger partial charge on any atom is -0.479 e. The zero-order valence-corrected chi connectivity index (χ0v) is 23.2. The number of nitrogens with zero attached hydrogens (tertiary/aromatic N) is 4. The van der Waals surface area contributed by atoms with Crippen LogP contribution in [0.2, 0.25) is 5.02 Å². The molecule has 5 atom stereocenters. The molecule has 2 aromatic heterocycles. The normalized spacial score (nSPS) is 24.9. The number of aliphatic hydroxyl groups excluding tert-OH is 1. The molecule has 0 aliphatic carbocycles. The number of halogens is 1. The number of nitrogen functional groups attached to an aromatic ring is 1. The molecule has 17 heteroatoms. The molecule has 5 N–H and O–H groups in total. The highest BCUT2D eigenvalue weighted by Gasteiger charge is 2.57. The van der Waals surface area contributed by atoms with Gasteiger partial charge in [-0.25, -0.2) is 9.55 Å². The van der Waals surface area contributed by atoms with E-state index >= 15 is 0 Å². The van der Waals surface area contributed by atoms with Gasteiger partial charge < -0.3 is 34.7 Å². The second kappa shape index (κ2) is 10.5. The molecule has 0 saturated carbocycles. The fourth-order valence-corrected chi connectivity index (χ4v) is 5.78. The topological polar surface area (TPSA) is 202 Å². The summed E-state index contributed by atoms with van der Waals surface area (Å²) in [4.78, 5) is 24.6. The van der Waals surface area contributed by atoms with Gasteiger partial charge in [-0.3, -0.25) is 13.9 Å². The summed E-state index contributed by atoms with van der Waals surface area (Å²) in [5.74, 6) is -0.772. The second-order valence-corrected chi connectivity index (χ2v) is 11.4. The van der Waals surface area contributed by atoms with E-state index in [0.717, 1.165) is 7.11 Å². The number of ether oxygens (including phenoxy) is 3. The van der Waals surface area contributed by atoms with Crippen molar-refractivity contribution in [2.45, 2.75) is 50.5 Å². The predicted molar refractivity (Wildman–Crippen MR) is 137 cm³/mol. The Morgan fingerprint density at radius 3 is 2.56 bits per heavy atom. The van der Waals surface area contributed by atoms with Crippen LogP contribution in [0.5, 0.6) is 11.6 Å². The fourth-order valence-electron chi connectivity index (χ4n) is 3.90. The number of carbonyl (C=O) groups is 1. The van der Waals surface area contributed by atoms with Crippen LogP contribution < -0.4 is 20.1 Å². The maximum atomic E-state index is 14.0. The Labute approximate surface area is 227 Å². The molecule has 212 valence electrons. The molecular formula is C22H28ClN6O9P. The molecule has 1 aromatic carbocycles. The monoisotopic (exact) mass is 586 g/mol. The van der Waals surface area contributed by atoms with Crippen molar-refractivity contribution in [2.75, 3.05) is 20.0 Å². The van der Waals surface area contributed by atoms with Crippen molar-refractivity contribution in [3.63, 3.8) is 0 Å². The van der Waals surface area contributed by atoms with Gasteiger partial charge in [0.1, 0.15) is 23.0 Å². The zero-order valence-electron chi connectivity index (χ0n) is 21.6. The summed E-state index contributed by atoms with van der Waals surface area (Å²) in [6.07, 6.45) is -3.59. The number of anilines is 1. The van der Waals surface area contributed by atoms with E-state index in [-0.39, 0.29) is 28.7 Å². The number of imidazole rings is 1. The predicted octanol–water partition coefficient (Wildman–Crippen LogP) is 1.78. The minimum atomic E-state index is -4.54. The summed E-state index contributed by atoms with van der Waals surface area (Å²) in [7, 11) is -2.01. The van der Waals surface area contributed by atoms with E-state index < -0.39 is 43.5 Å². The van der Waals surface area contributed by atoms with E-state index in [1.54, 1.807) is 0 Å². The third kappa shape index (κ3) is 5.65. The van der Waals surface area contributed by atoms with Crippen molar-refractivity contribution >= 4 is 42.4 Å². The third-order valence-electron chi connectivity index (χ3n) is 5.87. The second-order valence-electron chi connectivity index (χ2n) is 9.32. The van der Waals surface area contributed by atoms with Crippen molar-refractivity contribution in [3.8, 4) is 11.6 Å². The number of nitrogens with two attached hydrogens (primary N) is 1. The summed E-state index contributed by atoms with van der Waals surface area (Å²) in [6, 6.07) is 5.82. The van der Waals surface area contributed by atoms with Crippen LogP contribution in [0.3, 0.4) is 0 Å². The van der Waals surface area contributed by atoms with E-state index in [1.807, 2.05) is 0 Å². The number of methoxy groups -OCH3 is 2. The number of rotatable bonds is 9. The van der Waals surface area contributed by atoms with Gasteiger partial charge in [0.05, 0.1) is 20.5 Å². The number of fused-ring (bicyclic) bond motifs is 1. The molecule has 0 spiro atoms. The Balaban J connectivity index is 1.69. The first-order chi connectivity index (χ1) is 18.2. The molecule has 1 aliphatic rings. The first-order valence-electron chi connectivity index (χ1n) is 11.4. The molecule has 0 amide bonds. The fraction of sp³-hybridized carbons (Fsp3) is 0.455. The van der Waals surface area contributed by atoms with Crippen molar-refractivity contribution < 1.29 is 42.8 Å². The molecule has 1 saturated heterocycles. The SMILES string of the molecule is COC(=O)C(C)(C)NP(=O)(Oc1ccc(Cl)cc1)OC1O[C@@H](n2cnc3c(OC)nc(N)nc32)[C@](C)(O)C1O. The van der Waals surface area contributed by atoms with E-state index in [0.29, 0.717) is 5.02 Å². The lowest BCUT2D eigenvalue weighted by Crippen LogP contribution is -2.48. The van der Waals surface area contributed by atoms with E-state index in [1.165, 1.54) is 63.0 Å². The lowest BCUT2D eigenvalue weighted by Gasteiger charge is -2.30. The molecule has 0 radical (unpaired) electrons. The van der Waals surface area contributed by atoms with Crippen LogP contribution in [0.4, 0.5) is 5.95 Å². The summed E-state index contributed by atoms with van der Waals surface area (Å²) in [5, 5.41) is 25.2. The van der Waals surface area contributed by atoms with Crippen LogP contribution in [0, 0.1) is 0 Å². The lowest BCUT2D eigenvalue weighted by atomic mass is 9.99. The van der Waals surface area contributed by atoms with Gasteiger partial charge in [0.2, 0.25) is 18.1 Å². The summed E-state index contributed by atoms with van der Waals surface area (Å²) >= 11 is 5.93. The molecule has 39 heavy (non-hydrogen) atoms. The Bertz CT molecular complexity index is 1420. The Morgan fingerprint density at radius 2 is 1.95 bits per heavy atom. The van der Waals surface area contributed by atoms with Crippen LogP contribution >= 0.6 is 19.3 Å². The summed E-state index contributed by atoms with van der Waals surface area (Å²) < 4.78 is 42.4. The van der Waals surface area contributed by atoms with Crippen LogP contribution in [-0.4, -0.2) is 73.5 Å². The molecule has 3 unspecified atom stereocenters. The quantitative estimate of drug-likeness (QED) is 0.208. The van der Waals surface area contributed by atoms with E-state index in [9.17, 15) is 19.6 Å². The maximum absolute atomic E-state index is 14.0. The van der Waals surface area contributed by atoms with E-state index in [2.05, 4.69) is 20.0 Å². The van der Waals surface area contributed by atoms with Crippen LogP contribution in [0.1, 0.15) is 27.0 Å². The molecule has 1 aliphatic heterocycles. The van der Waals surface area contributed by atoms with Gasteiger partial charge in [0, 0.05) is 5.02 Å². The first-order valence-corrected chi connectivity index (χ1v) is 13.3. The Kier molecular flexibility index (Phi) is 7.80. The van der Waals surface area contributed by atoms with Gasteiger partial charge in [0.25, 0.3) is 0 Å². The average molecular weight is 587 g/mol. The molecule has 0 bridgehead atoms. The van der Waals surface area contributed by atoms with Gasteiger partial charge in [0.15, 0.2) is 17.4 Å². The molecule has 3 aromatic rings. The first kappa shape index (κ1) is 29.0.